The van der Waals surface area contributed by atoms with Crippen molar-refractivity contribution >= 4 is 5.78 Å². The van der Waals surface area contributed by atoms with E-state index in [1.54, 1.807) is 12.2 Å². The van der Waals surface area contributed by atoms with E-state index in [-0.39, 0.29) is 5.78 Å². The lowest BCUT2D eigenvalue weighted by molar-refractivity contribution is -0.110. The first-order chi connectivity index (χ1) is 9.78. The second-order valence-corrected chi connectivity index (χ2v) is 4.98. The van der Waals surface area contributed by atoms with Crippen LogP contribution in [0.2, 0.25) is 0 Å². The van der Waals surface area contributed by atoms with Crippen molar-refractivity contribution in [2.75, 3.05) is 6.54 Å². The highest BCUT2D eigenvalue weighted by Crippen LogP contribution is 2.13. The predicted octanol–water partition coefficient (Wildman–Crippen LogP) is 4.07. The summed E-state index contributed by atoms with van der Waals surface area (Å²) in [5, 5.41) is 0. The van der Waals surface area contributed by atoms with Gasteiger partial charge < -0.3 is 4.90 Å². The standard InChI is InChI=1S/C18H21NO/c1-2-3-4-13-19-14-11-17(12-15-19)6-5-16-7-9-18(20)10-8-16/h5-12,14-15H,2-4,13H2,1H3. The first kappa shape index (κ1) is 14.3. The van der Waals surface area contributed by atoms with Gasteiger partial charge >= 0.3 is 0 Å². The lowest BCUT2D eigenvalue weighted by Crippen LogP contribution is -2.13. The molecule has 0 aromatic rings. The van der Waals surface area contributed by atoms with E-state index in [0.29, 0.717) is 0 Å². The van der Waals surface area contributed by atoms with Crippen molar-refractivity contribution in [3.63, 3.8) is 0 Å². The van der Waals surface area contributed by atoms with Gasteiger partial charge in [0, 0.05) is 18.9 Å². The SMILES string of the molecule is CCCCCN1C=CC(=CC=C2C=CC(=O)C=C2)C=C1. The van der Waals surface area contributed by atoms with Crippen molar-refractivity contribution < 1.29 is 4.79 Å². The first-order valence-electron chi connectivity index (χ1n) is 7.22. The fraction of sp³-hybridized carbons (Fsp3) is 0.278. The van der Waals surface area contributed by atoms with Gasteiger partial charge in [-0.3, -0.25) is 4.79 Å². The first-order valence-corrected chi connectivity index (χ1v) is 7.22. The molecule has 0 aromatic heterocycles. The fourth-order valence-electron chi connectivity index (χ4n) is 2.04. The van der Waals surface area contributed by atoms with E-state index in [1.165, 1.54) is 24.8 Å². The third kappa shape index (κ3) is 4.54. The number of carbonyl (C=O) groups excluding carboxylic acids is 1. The molecule has 1 heterocycles. The molecule has 2 aliphatic rings. The van der Waals surface area contributed by atoms with Crippen molar-refractivity contribution in [2.24, 2.45) is 0 Å². The molecule has 0 spiro atoms. The van der Waals surface area contributed by atoms with Gasteiger partial charge in [0.25, 0.3) is 0 Å². The van der Waals surface area contributed by atoms with E-state index < -0.39 is 0 Å². The molecule has 2 nitrogen and oxygen atoms in total. The summed E-state index contributed by atoms with van der Waals surface area (Å²) in [5.74, 6) is 0.0509. The maximum absolute atomic E-state index is 11.0. The largest absolute Gasteiger partial charge is 0.354 e. The Labute approximate surface area is 121 Å². The van der Waals surface area contributed by atoms with E-state index in [9.17, 15) is 4.79 Å². The molecule has 20 heavy (non-hydrogen) atoms. The highest BCUT2D eigenvalue weighted by Gasteiger charge is 2.00. The Morgan fingerprint density at radius 2 is 1.50 bits per heavy atom. The third-order valence-corrected chi connectivity index (χ3v) is 3.29. The number of nitrogens with zero attached hydrogens (tertiary/aromatic N) is 1. The Bertz CT molecular complexity index is 496. The summed E-state index contributed by atoms with van der Waals surface area (Å²) >= 11 is 0. The molecule has 0 aromatic carbocycles. The maximum Gasteiger partial charge on any atom is 0.178 e. The van der Waals surface area contributed by atoms with Gasteiger partial charge in [-0.15, -0.1) is 0 Å². The number of allylic oxidation sites excluding steroid dienone is 10. The Balaban J connectivity index is 1.88. The van der Waals surface area contributed by atoms with Gasteiger partial charge in [0.2, 0.25) is 0 Å². The van der Waals surface area contributed by atoms with Gasteiger partial charge in [-0.25, -0.2) is 0 Å². The Morgan fingerprint density at radius 1 is 0.900 bits per heavy atom. The van der Waals surface area contributed by atoms with Crippen LogP contribution in [0.1, 0.15) is 26.2 Å². The molecule has 1 aliphatic carbocycles. The third-order valence-electron chi connectivity index (χ3n) is 3.29. The molecular weight excluding hydrogens is 246 g/mol. The van der Waals surface area contributed by atoms with E-state index >= 15 is 0 Å². The molecular formula is C18H21NO. The average molecular weight is 267 g/mol. The van der Waals surface area contributed by atoms with Crippen LogP contribution in [0.3, 0.4) is 0 Å². The molecule has 0 bridgehead atoms. The molecule has 0 N–H and O–H groups in total. The molecule has 0 unspecified atom stereocenters. The molecule has 0 fully saturated rings. The van der Waals surface area contributed by atoms with Crippen molar-refractivity contribution in [2.45, 2.75) is 26.2 Å². The monoisotopic (exact) mass is 267 g/mol. The molecule has 2 rings (SSSR count). The highest BCUT2D eigenvalue weighted by atomic mass is 16.1. The fourth-order valence-corrected chi connectivity index (χ4v) is 2.04. The number of carbonyl (C=O) groups is 1. The summed E-state index contributed by atoms with van der Waals surface area (Å²) in [6.07, 6.45) is 23.2. The van der Waals surface area contributed by atoms with E-state index in [2.05, 4.69) is 42.5 Å². The van der Waals surface area contributed by atoms with Crippen LogP contribution in [0.15, 0.2) is 72.2 Å². The summed E-state index contributed by atoms with van der Waals surface area (Å²) in [6, 6.07) is 0. The predicted molar refractivity (Wildman–Crippen MR) is 84.0 cm³/mol. The Hall–Kier alpha value is -2.09. The molecule has 0 radical (unpaired) electrons. The number of unbranched alkanes of at least 4 members (excludes halogenated alkanes) is 2. The van der Waals surface area contributed by atoms with Crippen molar-refractivity contribution in [1.82, 2.24) is 4.90 Å². The molecule has 0 amide bonds. The second-order valence-electron chi connectivity index (χ2n) is 4.98. The van der Waals surface area contributed by atoms with E-state index in [4.69, 9.17) is 0 Å². The minimum absolute atomic E-state index is 0.0509. The number of hydrogen-bond donors (Lipinski definition) is 0. The van der Waals surface area contributed by atoms with Gasteiger partial charge in [-0.1, -0.05) is 44.1 Å². The smallest absolute Gasteiger partial charge is 0.178 e. The lowest BCUT2D eigenvalue weighted by Gasteiger charge is -2.18. The zero-order chi connectivity index (χ0) is 14.2. The lowest BCUT2D eigenvalue weighted by atomic mass is 10.1. The van der Waals surface area contributed by atoms with Crippen molar-refractivity contribution in [3.8, 4) is 0 Å². The van der Waals surface area contributed by atoms with Crippen molar-refractivity contribution in [1.29, 1.82) is 0 Å². The molecule has 1 aliphatic heterocycles. The van der Waals surface area contributed by atoms with Crippen LogP contribution in [0.25, 0.3) is 0 Å². The second kappa shape index (κ2) is 7.49. The topological polar surface area (TPSA) is 20.3 Å². The average Bonchev–Trinajstić information content (AvgIpc) is 2.48. The maximum atomic E-state index is 11.0. The molecule has 0 atom stereocenters. The summed E-state index contributed by atoms with van der Waals surface area (Å²) in [4.78, 5) is 13.2. The minimum atomic E-state index is 0.0509. The number of rotatable bonds is 5. The van der Waals surface area contributed by atoms with Crippen LogP contribution in [-0.4, -0.2) is 17.2 Å². The zero-order valence-corrected chi connectivity index (χ0v) is 12.0. The Kier molecular flexibility index (Phi) is 5.36. The van der Waals surface area contributed by atoms with Crippen LogP contribution in [0.5, 0.6) is 0 Å². The van der Waals surface area contributed by atoms with Crippen LogP contribution in [0, 0.1) is 0 Å². The van der Waals surface area contributed by atoms with Crippen LogP contribution in [0.4, 0.5) is 0 Å². The summed E-state index contributed by atoms with van der Waals surface area (Å²) < 4.78 is 0. The summed E-state index contributed by atoms with van der Waals surface area (Å²) in [6.45, 7) is 3.31. The van der Waals surface area contributed by atoms with Gasteiger partial charge in [0.05, 0.1) is 0 Å². The summed E-state index contributed by atoms with van der Waals surface area (Å²) in [5.41, 5.74) is 2.22. The van der Waals surface area contributed by atoms with E-state index in [1.807, 2.05) is 18.2 Å². The Morgan fingerprint density at radius 3 is 2.10 bits per heavy atom. The molecule has 2 heteroatoms. The van der Waals surface area contributed by atoms with Gasteiger partial charge in [0.15, 0.2) is 5.78 Å². The van der Waals surface area contributed by atoms with Crippen LogP contribution < -0.4 is 0 Å². The summed E-state index contributed by atoms with van der Waals surface area (Å²) in [7, 11) is 0. The minimum Gasteiger partial charge on any atom is -0.354 e. The normalized spacial score (nSPS) is 17.1. The van der Waals surface area contributed by atoms with Gasteiger partial charge in [-0.05, 0) is 41.9 Å². The molecule has 0 saturated carbocycles. The number of ketones is 1. The molecule has 104 valence electrons. The van der Waals surface area contributed by atoms with E-state index in [0.717, 1.165) is 12.1 Å². The van der Waals surface area contributed by atoms with Gasteiger partial charge in [0.1, 0.15) is 0 Å². The number of hydrogen-bond acceptors (Lipinski definition) is 2. The van der Waals surface area contributed by atoms with Crippen LogP contribution in [-0.2, 0) is 4.79 Å². The van der Waals surface area contributed by atoms with Crippen LogP contribution >= 0.6 is 0 Å². The van der Waals surface area contributed by atoms with Crippen molar-refractivity contribution in [3.05, 3.63) is 72.2 Å². The highest BCUT2D eigenvalue weighted by molar-refractivity contribution is 6.01. The quantitative estimate of drug-likeness (QED) is 0.700. The van der Waals surface area contributed by atoms with Gasteiger partial charge in [-0.2, -0.15) is 0 Å². The zero-order valence-electron chi connectivity index (χ0n) is 12.0. The molecule has 0 saturated heterocycles.